The van der Waals surface area contributed by atoms with Gasteiger partial charge in [-0.05, 0) is 37.1 Å². The molecule has 45 heavy (non-hydrogen) atoms. The molecular weight excluding hydrogens is 676 g/mol. The SMILES string of the molecule is CC1(C)c2cccc(P(c3ccccc3)c3ccccc3)c2Oc2c(P(c3ccccc3)c3ccccc3)cccc21.[Cl][Co][Cl]. The van der Waals surface area contributed by atoms with E-state index in [1.54, 1.807) is 0 Å². The second-order valence-corrected chi connectivity index (χ2v) is 17.2. The maximum absolute atomic E-state index is 7.26. The molecule has 0 bridgehead atoms. The summed E-state index contributed by atoms with van der Waals surface area (Å²) in [6.07, 6.45) is 0. The number of rotatable bonds is 6. The van der Waals surface area contributed by atoms with Gasteiger partial charge in [0.25, 0.3) is 0 Å². The zero-order valence-electron chi connectivity index (χ0n) is 24.9. The number of halogens is 2. The number of hydrogen-bond acceptors (Lipinski definition) is 1. The van der Waals surface area contributed by atoms with Gasteiger partial charge in [-0.2, -0.15) is 0 Å². The van der Waals surface area contributed by atoms with Gasteiger partial charge in [0, 0.05) is 27.2 Å². The number of benzene rings is 6. The Kier molecular flexibility index (Phi) is 10.4. The molecule has 0 saturated heterocycles. The van der Waals surface area contributed by atoms with E-state index in [-0.39, 0.29) is 5.41 Å². The molecular formula is C39H32Cl2CoOP2. The van der Waals surface area contributed by atoms with Crippen LogP contribution < -0.4 is 36.6 Å². The molecule has 0 N–H and O–H groups in total. The molecule has 0 aliphatic carbocycles. The number of fused-ring (bicyclic) bond motifs is 2. The molecule has 227 valence electrons. The van der Waals surface area contributed by atoms with Gasteiger partial charge in [-0.1, -0.05) is 172 Å². The van der Waals surface area contributed by atoms with Gasteiger partial charge in [0.15, 0.2) is 0 Å². The van der Waals surface area contributed by atoms with Gasteiger partial charge in [0.1, 0.15) is 11.5 Å². The van der Waals surface area contributed by atoms with Crippen molar-refractivity contribution in [3.8, 4) is 11.5 Å². The summed E-state index contributed by atoms with van der Waals surface area (Å²) in [5.74, 6) is 2.02. The summed E-state index contributed by atoms with van der Waals surface area (Å²) >= 11 is 0.382. The summed E-state index contributed by atoms with van der Waals surface area (Å²) in [5, 5.41) is 7.81. The van der Waals surface area contributed by atoms with Gasteiger partial charge in [0.2, 0.25) is 0 Å². The zero-order chi connectivity index (χ0) is 31.2. The predicted molar refractivity (Wildman–Crippen MR) is 194 cm³/mol. The molecule has 7 rings (SSSR count). The van der Waals surface area contributed by atoms with Crippen LogP contribution in [0.5, 0.6) is 11.5 Å². The first-order valence-corrected chi connectivity index (χ1v) is 20.2. The van der Waals surface area contributed by atoms with E-state index in [1.165, 1.54) is 43.0 Å². The van der Waals surface area contributed by atoms with Crippen LogP contribution in [-0.2, 0) is 18.3 Å². The summed E-state index contributed by atoms with van der Waals surface area (Å²) in [4.78, 5) is 0. The van der Waals surface area contributed by atoms with Crippen LogP contribution in [-0.4, -0.2) is 0 Å². The summed E-state index contributed by atoms with van der Waals surface area (Å²) < 4.78 is 7.26. The summed E-state index contributed by atoms with van der Waals surface area (Å²) in [6.45, 7) is 4.70. The Morgan fingerprint density at radius 1 is 0.444 bits per heavy atom. The van der Waals surface area contributed by atoms with Crippen molar-refractivity contribution in [2.24, 2.45) is 0 Å². The van der Waals surface area contributed by atoms with Crippen molar-refractivity contribution in [2.45, 2.75) is 19.3 Å². The summed E-state index contributed by atoms with van der Waals surface area (Å²) in [7, 11) is 7.82. The fourth-order valence-electron chi connectivity index (χ4n) is 6.01. The fraction of sp³-hybridized carbons (Fsp3) is 0.0769. The van der Waals surface area contributed by atoms with Gasteiger partial charge >= 0.3 is 33.2 Å². The van der Waals surface area contributed by atoms with Gasteiger partial charge in [-0.15, -0.1) is 0 Å². The number of para-hydroxylation sites is 2. The Bertz CT molecular complexity index is 1640. The molecule has 0 amide bonds. The molecule has 0 saturated carbocycles. The monoisotopic (exact) mass is 707 g/mol. The van der Waals surface area contributed by atoms with Crippen LogP contribution in [0.1, 0.15) is 25.0 Å². The molecule has 1 nitrogen and oxygen atoms in total. The van der Waals surface area contributed by atoms with Crippen LogP contribution in [0.25, 0.3) is 0 Å². The first-order chi connectivity index (χ1) is 22.0. The van der Waals surface area contributed by atoms with E-state index in [2.05, 4.69) is 172 Å². The van der Waals surface area contributed by atoms with Crippen LogP contribution in [0.3, 0.4) is 0 Å². The third-order valence-electron chi connectivity index (χ3n) is 8.08. The van der Waals surface area contributed by atoms with E-state index in [0.29, 0.717) is 12.9 Å². The van der Waals surface area contributed by atoms with Gasteiger partial charge < -0.3 is 4.74 Å². The second kappa shape index (κ2) is 14.7. The topological polar surface area (TPSA) is 9.23 Å². The number of hydrogen-bond donors (Lipinski definition) is 0. The molecule has 6 aromatic rings. The van der Waals surface area contributed by atoms with Crippen LogP contribution in [0.2, 0.25) is 0 Å². The van der Waals surface area contributed by atoms with Crippen molar-refractivity contribution in [1.82, 2.24) is 0 Å². The average molecular weight is 708 g/mol. The Balaban J connectivity index is 0.00000115. The molecule has 0 unspecified atom stereocenters. The van der Waals surface area contributed by atoms with E-state index < -0.39 is 15.8 Å². The molecule has 1 aliphatic rings. The Labute approximate surface area is 283 Å². The van der Waals surface area contributed by atoms with Gasteiger partial charge in [0.05, 0.1) is 0 Å². The third-order valence-corrected chi connectivity index (χ3v) is 13.0. The van der Waals surface area contributed by atoms with Crippen LogP contribution in [0.4, 0.5) is 0 Å². The van der Waals surface area contributed by atoms with E-state index in [1.807, 2.05) is 0 Å². The molecule has 0 atom stereocenters. The first-order valence-electron chi connectivity index (χ1n) is 14.6. The Morgan fingerprint density at radius 2 is 0.733 bits per heavy atom. The molecule has 0 radical (unpaired) electrons. The van der Waals surface area contributed by atoms with Crippen LogP contribution in [0, 0.1) is 0 Å². The van der Waals surface area contributed by atoms with E-state index in [4.69, 9.17) is 25.0 Å². The van der Waals surface area contributed by atoms with Crippen molar-refractivity contribution in [3.05, 3.63) is 169 Å². The Hall–Kier alpha value is -2.93. The average Bonchev–Trinajstić information content (AvgIpc) is 3.08. The third kappa shape index (κ3) is 6.65. The molecule has 0 spiro atoms. The van der Waals surface area contributed by atoms with E-state index in [0.717, 1.165) is 11.5 Å². The summed E-state index contributed by atoms with van der Waals surface area (Å²) in [5.41, 5.74) is 2.26. The minimum atomic E-state index is -0.824. The summed E-state index contributed by atoms with van der Waals surface area (Å²) in [6, 6.07) is 57.2. The van der Waals surface area contributed by atoms with Crippen molar-refractivity contribution < 1.29 is 17.6 Å². The van der Waals surface area contributed by atoms with E-state index >= 15 is 0 Å². The molecule has 6 aromatic carbocycles. The maximum atomic E-state index is 7.26. The fourth-order valence-corrected chi connectivity index (χ4v) is 10.8. The quantitative estimate of drug-likeness (QED) is 0.157. The molecule has 1 heterocycles. The van der Waals surface area contributed by atoms with Crippen molar-refractivity contribution >= 4 is 68.0 Å². The minimum absolute atomic E-state index is 0.225. The predicted octanol–water partition coefficient (Wildman–Crippen LogP) is 9.01. The molecule has 1 aliphatic heterocycles. The van der Waals surface area contributed by atoms with E-state index in [9.17, 15) is 0 Å². The van der Waals surface area contributed by atoms with Crippen molar-refractivity contribution in [3.63, 3.8) is 0 Å². The molecule has 0 fully saturated rings. The Morgan fingerprint density at radius 3 is 1.02 bits per heavy atom. The number of ether oxygens (including phenoxy) is 1. The van der Waals surface area contributed by atoms with Crippen molar-refractivity contribution in [1.29, 1.82) is 0 Å². The molecule has 6 heteroatoms. The van der Waals surface area contributed by atoms with Crippen LogP contribution in [0.15, 0.2) is 158 Å². The first kappa shape index (κ1) is 32.0. The normalized spacial score (nSPS) is 12.9. The molecule has 0 aromatic heterocycles. The standard InChI is InChI=1S/C39H32OP2.2ClH.Co/c1-39(2)33-25-15-27-35(41(29-17-7-3-8-18-29)30-19-9-4-10-20-30)37(33)40-38-34(39)26-16-28-36(38)42(31-21-11-5-12-22-31)32-23-13-6-14-24-32;;;/h3-28H,1-2H3;2*1H;/q;;;+2/p-2. The van der Waals surface area contributed by atoms with Gasteiger partial charge in [-0.25, -0.2) is 0 Å². The van der Waals surface area contributed by atoms with Crippen LogP contribution >= 0.6 is 36.1 Å². The van der Waals surface area contributed by atoms with Gasteiger partial charge in [-0.3, -0.25) is 0 Å². The van der Waals surface area contributed by atoms with Crippen molar-refractivity contribution in [2.75, 3.05) is 0 Å². The second-order valence-electron chi connectivity index (χ2n) is 11.1. The zero-order valence-corrected chi connectivity index (χ0v) is 29.2.